The molecule has 4 heterocycles. The van der Waals surface area contributed by atoms with Gasteiger partial charge in [0, 0.05) is 37.8 Å². The Labute approximate surface area is 245 Å². The summed E-state index contributed by atoms with van der Waals surface area (Å²) >= 11 is 0. The normalized spacial score (nSPS) is 16.3. The van der Waals surface area contributed by atoms with E-state index in [0.717, 1.165) is 47.5 Å². The van der Waals surface area contributed by atoms with E-state index in [2.05, 4.69) is 21.3 Å². The van der Waals surface area contributed by atoms with E-state index < -0.39 is 11.6 Å². The number of likely N-dealkylation sites (tertiary alicyclic amines) is 1. The average molecular weight is 574 g/mol. The van der Waals surface area contributed by atoms with Crippen molar-refractivity contribution in [3.8, 4) is 17.3 Å². The van der Waals surface area contributed by atoms with Crippen molar-refractivity contribution in [1.82, 2.24) is 24.0 Å². The number of methoxy groups -OCH3 is 2. The molecule has 1 saturated heterocycles. The molecule has 10 heteroatoms. The van der Waals surface area contributed by atoms with E-state index in [0.29, 0.717) is 48.3 Å². The number of nitrogens with zero attached hydrogens (tertiary/aromatic N) is 5. The standard InChI is InChI=1S/C32H39N5O5/c1-32(2,3)42-31(39)35-13-10-21(11-14-35)19-37-27-24(15-23(30(38)41-5)17-26(27)40-4)34-29(37)25-16-22-7-6-12-33-28(22)36(25)18-20-8-9-20/h6-7,12,15-17,20-21H,8-11,13-14,18-19H2,1-5H3. The lowest BCUT2D eigenvalue weighted by Crippen LogP contribution is -2.42. The number of amides is 1. The Morgan fingerprint density at radius 3 is 2.36 bits per heavy atom. The van der Waals surface area contributed by atoms with E-state index in [4.69, 9.17) is 24.2 Å². The maximum Gasteiger partial charge on any atom is 0.410 e. The smallest absolute Gasteiger partial charge is 0.410 e. The molecule has 1 amide bonds. The van der Waals surface area contributed by atoms with Gasteiger partial charge in [-0.3, -0.25) is 0 Å². The Morgan fingerprint density at radius 1 is 0.976 bits per heavy atom. The second-order valence-electron chi connectivity index (χ2n) is 12.5. The Balaban J connectivity index is 1.42. The molecule has 4 aromatic rings. The fourth-order valence-corrected chi connectivity index (χ4v) is 5.89. The van der Waals surface area contributed by atoms with Gasteiger partial charge < -0.3 is 28.2 Å². The summed E-state index contributed by atoms with van der Waals surface area (Å²) in [7, 11) is 2.98. The number of piperidine rings is 1. The molecule has 6 rings (SSSR count). The van der Waals surface area contributed by atoms with Crippen LogP contribution in [0.2, 0.25) is 0 Å². The zero-order valence-corrected chi connectivity index (χ0v) is 25.1. The molecule has 1 aliphatic carbocycles. The number of hydrogen-bond acceptors (Lipinski definition) is 7. The summed E-state index contributed by atoms with van der Waals surface area (Å²) in [6.45, 7) is 8.52. The van der Waals surface area contributed by atoms with Crippen molar-refractivity contribution in [3.63, 3.8) is 0 Å². The molecule has 2 aliphatic rings. The highest BCUT2D eigenvalue weighted by atomic mass is 16.6. The van der Waals surface area contributed by atoms with Crippen molar-refractivity contribution in [2.45, 2.75) is 65.1 Å². The van der Waals surface area contributed by atoms with Crippen LogP contribution in [-0.4, -0.2) is 69.0 Å². The lowest BCUT2D eigenvalue weighted by atomic mass is 9.96. The number of imidazole rings is 1. The molecule has 42 heavy (non-hydrogen) atoms. The van der Waals surface area contributed by atoms with Gasteiger partial charge in [0.2, 0.25) is 0 Å². The minimum absolute atomic E-state index is 0.260. The lowest BCUT2D eigenvalue weighted by molar-refractivity contribution is 0.0178. The summed E-state index contributed by atoms with van der Waals surface area (Å²) in [4.78, 5) is 36.9. The summed E-state index contributed by atoms with van der Waals surface area (Å²) < 4.78 is 21.0. The quantitative estimate of drug-likeness (QED) is 0.254. The number of esters is 1. The molecular weight excluding hydrogens is 534 g/mol. The summed E-state index contributed by atoms with van der Waals surface area (Å²) in [6, 6.07) is 9.72. The number of benzene rings is 1. The molecule has 0 atom stereocenters. The maximum absolute atomic E-state index is 12.7. The molecule has 10 nitrogen and oxygen atoms in total. The van der Waals surface area contributed by atoms with Crippen LogP contribution in [0, 0.1) is 11.8 Å². The van der Waals surface area contributed by atoms with Gasteiger partial charge in [0.05, 0.1) is 31.0 Å². The second kappa shape index (κ2) is 11.0. The zero-order valence-electron chi connectivity index (χ0n) is 25.1. The SMILES string of the molecule is COC(=O)c1cc(OC)c2c(c1)nc(-c1cc3cccnc3n1CC1CC1)n2CC1CCN(C(=O)OC(C)(C)C)CC1. The number of rotatable bonds is 7. The third kappa shape index (κ3) is 5.54. The highest BCUT2D eigenvalue weighted by Crippen LogP contribution is 2.39. The summed E-state index contributed by atoms with van der Waals surface area (Å²) in [5.41, 5.74) is 3.33. The Hall–Kier alpha value is -4.08. The van der Waals surface area contributed by atoms with Crippen LogP contribution in [-0.2, 0) is 22.6 Å². The van der Waals surface area contributed by atoms with Gasteiger partial charge in [0.1, 0.15) is 22.5 Å². The molecule has 0 bridgehead atoms. The first kappa shape index (κ1) is 28.1. The van der Waals surface area contributed by atoms with Crippen LogP contribution in [0.5, 0.6) is 5.75 Å². The molecule has 0 radical (unpaired) electrons. The van der Waals surface area contributed by atoms with Gasteiger partial charge in [-0.25, -0.2) is 19.6 Å². The number of aromatic nitrogens is 4. The molecule has 222 valence electrons. The van der Waals surface area contributed by atoms with E-state index >= 15 is 0 Å². The lowest BCUT2D eigenvalue weighted by Gasteiger charge is -2.33. The molecule has 0 N–H and O–H groups in total. The van der Waals surface area contributed by atoms with Crippen LogP contribution in [0.3, 0.4) is 0 Å². The van der Waals surface area contributed by atoms with E-state index in [-0.39, 0.29) is 6.09 Å². The number of carbonyl (C=O) groups is 2. The van der Waals surface area contributed by atoms with Crippen molar-refractivity contribution in [2.24, 2.45) is 11.8 Å². The van der Waals surface area contributed by atoms with Gasteiger partial charge in [-0.2, -0.15) is 0 Å². The first-order chi connectivity index (χ1) is 20.1. The summed E-state index contributed by atoms with van der Waals surface area (Å²) in [5, 5.41) is 1.07. The second-order valence-corrected chi connectivity index (χ2v) is 12.5. The Kier molecular flexibility index (Phi) is 7.32. The van der Waals surface area contributed by atoms with Gasteiger partial charge in [-0.15, -0.1) is 0 Å². The van der Waals surface area contributed by atoms with Crippen LogP contribution >= 0.6 is 0 Å². The predicted octanol–water partition coefficient (Wildman–Crippen LogP) is 5.91. The highest BCUT2D eigenvalue weighted by molar-refractivity contribution is 5.97. The van der Waals surface area contributed by atoms with E-state index in [1.165, 1.54) is 20.0 Å². The van der Waals surface area contributed by atoms with Crippen LogP contribution in [0.4, 0.5) is 4.79 Å². The minimum Gasteiger partial charge on any atom is -0.494 e. The fraction of sp³-hybridized carbons (Fsp3) is 0.500. The summed E-state index contributed by atoms with van der Waals surface area (Å²) in [5.74, 6) is 1.90. The number of ether oxygens (including phenoxy) is 3. The third-order valence-corrected chi connectivity index (χ3v) is 8.18. The van der Waals surface area contributed by atoms with Crippen molar-refractivity contribution in [3.05, 3.63) is 42.1 Å². The zero-order chi connectivity index (χ0) is 29.6. The average Bonchev–Trinajstić information content (AvgIpc) is 3.62. The maximum atomic E-state index is 12.7. The third-order valence-electron chi connectivity index (χ3n) is 8.18. The number of carbonyl (C=O) groups excluding carboxylic acids is 2. The van der Waals surface area contributed by atoms with Crippen LogP contribution in [0.15, 0.2) is 36.5 Å². The molecule has 0 unspecified atom stereocenters. The molecule has 3 aromatic heterocycles. The van der Waals surface area contributed by atoms with Crippen molar-refractivity contribution >= 4 is 34.1 Å². The largest absolute Gasteiger partial charge is 0.494 e. The van der Waals surface area contributed by atoms with E-state index in [1.807, 2.05) is 33.0 Å². The first-order valence-corrected chi connectivity index (χ1v) is 14.7. The van der Waals surface area contributed by atoms with Gasteiger partial charge in [0.25, 0.3) is 0 Å². The van der Waals surface area contributed by atoms with Gasteiger partial charge in [-0.05, 0) is 88.6 Å². The first-order valence-electron chi connectivity index (χ1n) is 14.7. The van der Waals surface area contributed by atoms with E-state index in [1.54, 1.807) is 24.1 Å². The van der Waals surface area contributed by atoms with Gasteiger partial charge >= 0.3 is 12.1 Å². The molecular formula is C32H39N5O5. The van der Waals surface area contributed by atoms with Crippen molar-refractivity contribution < 1.29 is 23.8 Å². The Bertz CT molecular complexity index is 1640. The topological polar surface area (TPSA) is 101 Å². The number of fused-ring (bicyclic) bond motifs is 2. The predicted molar refractivity (Wildman–Crippen MR) is 160 cm³/mol. The molecule has 1 saturated carbocycles. The van der Waals surface area contributed by atoms with Gasteiger partial charge in [0.15, 0.2) is 5.82 Å². The van der Waals surface area contributed by atoms with E-state index in [9.17, 15) is 9.59 Å². The number of pyridine rings is 1. The highest BCUT2D eigenvalue weighted by Gasteiger charge is 2.31. The summed E-state index contributed by atoms with van der Waals surface area (Å²) in [6.07, 6.45) is 5.69. The number of hydrogen-bond donors (Lipinski definition) is 0. The molecule has 0 spiro atoms. The van der Waals surface area contributed by atoms with Crippen LogP contribution in [0.25, 0.3) is 33.6 Å². The van der Waals surface area contributed by atoms with Gasteiger partial charge in [-0.1, -0.05) is 0 Å². The molecule has 1 aromatic carbocycles. The Morgan fingerprint density at radius 2 is 1.69 bits per heavy atom. The fourth-order valence-electron chi connectivity index (χ4n) is 5.89. The molecule has 2 fully saturated rings. The monoisotopic (exact) mass is 573 g/mol. The minimum atomic E-state index is -0.522. The molecule has 1 aliphatic heterocycles. The van der Waals surface area contributed by atoms with Crippen LogP contribution in [0.1, 0.15) is 56.8 Å². The van der Waals surface area contributed by atoms with Crippen molar-refractivity contribution in [1.29, 1.82) is 0 Å². The van der Waals surface area contributed by atoms with Crippen molar-refractivity contribution in [2.75, 3.05) is 27.3 Å². The van der Waals surface area contributed by atoms with Crippen LogP contribution < -0.4 is 4.74 Å².